The van der Waals surface area contributed by atoms with E-state index in [1.165, 1.54) is 4.57 Å². The lowest BCUT2D eigenvalue weighted by Crippen LogP contribution is -2.47. The van der Waals surface area contributed by atoms with E-state index < -0.39 is 18.3 Å². The van der Waals surface area contributed by atoms with E-state index in [0.29, 0.717) is 30.2 Å². The highest BCUT2D eigenvalue weighted by Gasteiger charge is 2.52. The zero-order valence-corrected chi connectivity index (χ0v) is 20.2. The monoisotopic (exact) mass is 453 g/mol. The van der Waals surface area contributed by atoms with Crippen molar-refractivity contribution >= 4 is 30.0 Å². The van der Waals surface area contributed by atoms with Gasteiger partial charge in [0.25, 0.3) is 11.5 Å². The largest absolute Gasteiger partial charge is 0.496 e. The number of aryl methyl sites for hydroxylation is 1. The lowest BCUT2D eigenvalue weighted by atomic mass is 9.80. The number of hydrogen-bond acceptors (Lipinski definition) is 7. The van der Waals surface area contributed by atoms with Crippen molar-refractivity contribution < 1.29 is 14.1 Å². The number of piperazine rings is 1. The Morgan fingerprint density at radius 1 is 1.06 bits per heavy atom. The number of likely N-dealkylation sites (N-methyl/N-ethyl adjacent to an activating group) is 1. The normalized spacial score (nSPS) is 20.2. The average Bonchev–Trinajstić information content (AvgIpc) is 2.99. The molecule has 2 saturated heterocycles. The van der Waals surface area contributed by atoms with Gasteiger partial charge in [-0.25, -0.2) is 4.98 Å². The van der Waals surface area contributed by atoms with Gasteiger partial charge in [-0.3, -0.25) is 9.59 Å². The quantitative estimate of drug-likeness (QED) is 0.697. The summed E-state index contributed by atoms with van der Waals surface area (Å²) >= 11 is 0. The zero-order valence-electron chi connectivity index (χ0n) is 20.2. The lowest BCUT2D eigenvalue weighted by Gasteiger charge is -2.32. The minimum atomic E-state index is -0.584. The molecule has 176 valence electrons. The Bertz CT molecular complexity index is 1080. The van der Waals surface area contributed by atoms with Crippen LogP contribution in [0.25, 0.3) is 0 Å². The Balaban J connectivity index is 1.51. The number of rotatable bonds is 4. The van der Waals surface area contributed by atoms with Gasteiger partial charge in [-0.1, -0.05) is 0 Å². The van der Waals surface area contributed by atoms with Gasteiger partial charge in [0.1, 0.15) is 11.5 Å². The molecule has 2 fully saturated rings. The number of carbonyl (C=O) groups excluding carboxylic acids is 1. The SMILES string of the molecule is CN1CCN(C(=O)c2ccc(Nc3cc(B4OC(C)(C)C(C)(C)O4)cn(C)c3=O)nc2)CC1. The summed E-state index contributed by atoms with van der Waals surface area (Å²) in [5.74, 6) is 0.453. The number of nitrogens with one attached hydrogen (secondary N) is 1. The Morgan fingerprint density at radius 2 is 1.70 bits per heavy atom. The van der Waals surface area contributed by atoms with Crippen molar-refractivity contribution in [3.05, 3.63) is 46.5 Å². The molecule has 2 aliphatic rings. The zero-order chi connectivity index (χ0) is 24.0. The maximum absolute atomic E-state index is 12.7. The fraction of sp³-hybridized carbons (Fsp3) is 0.522. The Kier molecular flexibility index (Phi) is 6.11. The summed E-state index contributed by atoms with van der Waals surface area (Å²) < 4.78 is 13.8. The van der Waals surface area contributed by atoms with E-state index in [2.05, 4.69) is 22.2 Å². The number of nitrogens with zero attached hydrogens (tertiary/aromatic N) is 4. The third-order valence-electron chi connectivity index (χ3n) is 6.79. The van der Waals surface area contributed by atoms with Crippen LogP contribution in [0.2, 0.25) is 0 Å². The summed E-state index contributed by atoms with van der Waals surface area (Å²) in [6.07, 6.45) is 3.27. The number of anilines is 2. The van der Waals surface area contributed by atoms with Crippen LogP contribution in [-0.4, -0.2) is 76.8 Å². The van der Waals surface area contributed by atoms with Crippen molar-refractivity contribution in [3.63, 3.8) is 0 Å². The van der Waals surface area contributed by atoms with Crippen molar-refractivity contribution in [3.8, 4) is 0 Å². The summed E-state index contributed by atoms with van der Waals surface area (Å²) in [4.78, 5) is 33.9. The maximum atomic E-state index is 12.7. The molecular weight excluding hydrogens is 421 g/mol. The summed E-state index contributed by atoms with van der Waals surface area (Å²) in [5, 5.41) is 3.08. The third kappa shape index (κ3) is 4.69. The minimum Gasteiger partial charge on any atom is -0.399 e. The number of carbonyl (C=O) groups is 1. The van der Waals surface area contributed by atoms with Gasteiger partial charge < -0.3 is 29.0 Å². The molecule has 9 nitrogen and oxygen atoms in total. The van der Waals surface area contributed by atoms with E-state index in [4.69, 9.17) is 9.31 Å². The highest BCUT2D eigenvalue weighted by molar-refractivity contribution is 6.62. The maximum Gasteiger partial charge on any atom is 0.496 e. The molecule has 0 atom stereocenters. The molecule has 33 heavy (non-hydrogen) atoms. The van der Waals surface area contributed by atoms with Crippen LogP contribution in [-0.2, 0) is 16.4 Å². The van der Waals surface area contributed by atoms with Crippen LogP contribution in [0.1, 0.15) is 38.1 Å². The first kappa shape index (κ1) is 23.5. The standard InChI is InChI=1S/C23H32BN5O4/c1-22(2)23(3,4)33-24(32-22)17-13-18(21(31)28(6)15-17)26-19-8-7-16(14-25-19)20(30)29-11-9-27(5)10-12-29/h7-8,13-15H,9-12H2,1-6H3,(H,25,26). The predicted molar refractivity (Wildman–Crippen MR) is 128 cm³/mol. The average molecular weight is 453 g/mol. The van der Waals surface area contributed by atoms with Gasteiger partial charge in [0.2, 0.25) is 0 Å². The van der Waals surface area contributed by atoms with Crippen LogP contribution in [0.15, 0.2) is 35.4 Å². The van der Waals surface area contributed by atoms with E-state index in [-0.39, 0.29) is 11.5 Å². The van der Waals surface area contributed by atoms with Crippen molar-refractivity contribution in [1.29, 1.82) is 0 Å². The van der Waals surface area contributed by atoms with Gasteiger partial charge in [-0.15, -0.1) is 0 Å². The van der Waals surface area contributed by atoms with Gasteiger partial charge in [-0.05, 0) is 52.9 Å². The molecule has 2 aliphatic heterocycles. The second-order valence-corrected chi connectivity index (χ2v) is 9.84. The van der Waals surface area contributed by atoms with Gasteiger partial charge >= 0.3 is 7.12 Å². The highest BCUT2D eigenvalue weighted by Crippen LogP contribution is 2.36. The number of hydrogen-bond donors (Lipinski definition) is 1. The van der Waals surface area contributed by atoms with Crippen molar-refractivity contribution in [1.82, 2.24) is 19.4 Å². The first-order valence-corrected chi connectivity index (χ1v) is 11.2. The van der Waals surface area contributed by atoms with Gasteiger partial charge in [0.15, 0.2) is 0 Å². The minimum absolute atomic E-state index is 0.0270. The van der Waals surface area contributed by atoms with Gasteiger partial charge in [-0.2, -0.15) is 0 Å². The molecule has 4 rings (SSSR count). The molecule has 0 spiro atoms. The molecule has 0 unspecified atom stereocenters. The van der Waals surface area contributed by atoms with Gasteiger partial charge in [0.05, 0.1) is 16.8 Å². The molecular formula is C23H32BN5O4. The first-order valence-electron chi connectivity index (χ1n) is 11.2. The summed E-state index contributed by atoms with van der Waals surface area (Å²) in [6, 6.07) is 5.18. The fourth-order valence-electron chi connectivity index (χ4n) is 3.86. The lowest BCUT2D eigenvalue weighted by molar-refractivity contribution is 0.00578. The molecule has 0 aromatic carbocycles. The molecule has 0 radical (unpaired) electrons. The summed E-state index contributed by atoms with van der Waals surface area (Å²) in [7, 11) is 3.16. The molecule has 10 heteroatoms. The number of pyridine rings is 2. The van der Waals surface area contributed by atoms with E-state index in [0.717, 1.165) is 18.6 Å². The van der Waals surface area contributed by atoms with Crippen LogP contribution in [0.5, 0.6) is 0 Å². The van der Waals surface area contributed by atoms with Crippen LogP contribution in [0.3, 0.4) is 0 Å². The third-order valence-corrected chi connectivity index (χ3v) is 6.79. The van der Waals surface area contributed by atoms with Crippen LogP contribution < -0.4 is 16.3 Å². The molecule has 4 heterocycles. The summed E-state index contributed by atoms with van der Waals surface area (Å²) in [5.41, 5.74) is 0.468. The summed E-state index contributed by atoms with van der Waals surface area (Å²) in [6.45, 7) is 11.1. The molecule has 2 aromatic heterocycles. The van der Waals surface area contributed by atoms with Crippen LogP contribution in [0, 0.1) is 0 Å². The van der Waals surface area contributed by atoms with Crippen molar-refractivity contribution in [2.45, 2.75) is 38.9 Å². The van der Waals surface area contributed by atoms with Crippen LogP contribution >= 0.6 is 0 Å². The highest BCUT2D eigenvalue weighted by atomic mass is 16.7. The molecule has 1 N–H and O–H groups in total. The fourth-order valence-corrected chi connectivity index (χ4v) is 3.86. The van der Waals surface area contributed by atoms with E-state index >= 15 is 0 Å². The second-order valence-electron chi connectivity index (χ2n) is 9.84. The molecule has 0 bridgehead atoms. The molecule has 0 aliphatic carbocycles. The van der Waals surface area contributed by atoms with Crippen molar-refractivity contribution in [2.75, 3.05) is 38.5 Å². The van der Waals surface area contributed by atoms with Gasteiger partial charge in [0, 0.05) is 51.1 Å². The van der Waals surface area contributed by atoms with Crippen LogP contribution in [0.4, 0.5) is 11.5 Å². The Morgan fingerprint density at radius 3 is 2.27 bits per heavy atom. The molecule has 0 saturated carbocycles. The first-order chi connectivity index (χ1) is 15.5. The van der Waals surface area contributed by atoms with E-state index in [1.807, 2.05) is 32.6 Å². The smallest absolute Gasteiger partial charge is 0.399 e. The Hall–Kier alpha value is -2.69. The molecule has 2 aromatic rings. The Labute approximate surface area is 194 Å². The number of aromatic nitrogens is 2. The number of amides is 1. The topological polar surface area (TPSA) is 88.9 Å². The predicted octanol–water partition coefficient (Wildman–Crippen LogP) is 1.21. The van der Waals surface area contributed by atoms with Crippen molar-refractivity contribution in [2.24, 2.45) is 7.05 Å². The second kappa shape index (κ2) is 8.59. The van der Waals surface area contributed by atoms with E-state index in [9.17, 15) is 9.59 Å². The molecule has 1 amide bonds. The van der Waals surface area contributed by atoms with E-state index in [1.54, 1.807) is 37.6 Å².